The summed E-state index contributed by atoms with van der Waals surface area (Å²) < 4.78 is 5.76. The van der Waals surface area contributed by atoms with E-state index < -0.39 is 0 Å². The summed E-state index contributed by atoms with van der Waals surface area (Å²) in [6, 6.07) is 12.7. The zero-order valence-electron chi connectivity index (χ0n) is 15.2. The van der Waals surface area contributed by atoms with Gasteiger partial charge in [-0.1, -0.05) is 12.1 Å². The number of unbranched alkanes of at least 4 members (excludes halogenated alkanes) is 1. The summed E-state index contributed by atoms with van der Waals surface area (Å²) in [6.07, 6.45) is 4.64. The highest BCUT2D eigenvalue weighted by atomic mass is 32.1. The molecule has 1 saturated heterocycles. The van der Waals surface area contributed by atoms with Crippen molar-refractivity contribution in [3.8, 4) is 5.75 Å². The maximum Gasteiger partial charge on any atom is 0.223 e. The molecule has 1 unspecified atom stereocenters. The van der Waals surface area contributed by atoms with E-state index in [1.54, 1.807) is 0 Å². The first-order chi connectivity index (χ1) is 12.1. The molecule has 0 N–H and O–H groups in total. The lowest BCUT2D eigenvalue weighted by Crippen LogP contribution is -2.30. The third kappa shape index (κ3) is 4.85. The van der Waals surface area contributed by atoms with Gasteiger partial charge in [-0.25, -0.2) is 0 Å². The van der Waals surface area contributed by atoms with Crippen molar-refractivity contribution in [2.45, 2.75) is 52.0 Å². The number of benzene rings is 1. The van der Waals surface area contributed by atoms with Gasteiger partial charge < -0.3 is 9.64 Å². The quantitative estimate of drug-likeness (QED) is 0.631. The summed E-state index contributed by atoms with van der Waals surface area (Å²) in [5.41, 5.74) is 1.21. The van der Waals surface area contributed by atoms with Gasteiger partial charge in [0, 0.05) is 22.7 Å². The van der Waals surface area contributed by atoms with Gasteiger partial charge in [-0.2, -0.15) is 0 Å². The Morgan fingerprint density at radius 2 is 2.12 bits per heavy atom. The number of carbonyl (C=O) groups is 1. The second kappa shape index (κ2) is 8.52. The molecule has 1 aliphatic rings. The smallest absolute Gasteiger partial charge is 0.223 e. The molecule has 1 aromatic heterocycles. The van der Waals surface area contributed by atoms with Crippen molar-refractivity contribution < 1.29 is 9.53 Å². The van der Waals surface area contributed by atoms with Gasteiger partial charge in [0.2, 0.25) is 5.91 Å². The van der Waals surface area contributed by atoms with Gasteiger partial charge in [-0.05, 0) is 69.4 Å². The number of likely N-dealkylation sites (tertiary alicyclic amines) is 1. The van der Waals surface area contributed by atoms with Crippen LogP contribution in [0.15, 0.2) is 36.4 Å². The summed E-state index contributed by atoms with van der Waals surface area (Å²) >= 11 is 1.82. The van der Waals surface area contributed by atoms with E-state index in [0.717, 1.165) is 38.0 Å². The van der Waals surface area contributed by atoms with Crippen LogP contribution in [0.4, 0.5) is 0 Å². The molecule has 1 atom stereocenters. The average molecular weight is 358 g/mol. The lowest BCUT2D eigenvalue weighted by molar-refractivity contribution is -0.132. The molecule has 4 heteroatoms. The van der Waals surface area contributed by atoms with Crippen molar-refractivity contribution in [2.75, 3.05) is 13.2 Å². The molecule has 1 fully saturated rings. The highest BCUT2D eigenvalue weighted by molar-refractivity contribution is 7.12. The Hall–Kier alpha value is -1.81. The van der Waals surface area contributed by atoms with Crippen LogP contribution in [0.25, 0.3) is 0 Å². The second-order valence-electron chi connectivity index (χ2n) is 6.82. The van der Waals surface area contributed by atoms with E-state index in [1.807, 2.05) is 29.5 Å². The molecule has 0 saturated carbocycles. The van der Waals surface area contributed by atoms with E-state index in [0.29, 0.717) is 25.0 Å². The Morgan fingerprint density at radius 1 is 1.24 bits per heavy atom. The number of hydrogen-bond donors (Lipinski definition) is 0. The van der Waals surface area contributed by atoms with Crippen LogP contribution in [-0.4, -0.2) is 24.0 Å². The van der Waals surface area contributed by atoms with Crippen LogP contribution in [0.5, 0.6) is 5.75 Å². The highest BCUT2D eigenvalue weighted by Crippen LogP contribution is 2.36. The largest absolute Gasteiger partial charge is 0.494 e. The van der Waals surface area contributed by atoms with E-state index in [-0.39, 0.29) is 0 Å². The number of hydrogen-bond acceptors (Lipinski definition) is 3. The molecule has 3 rings (SSSR count). The lowest BCUT2D eigenvalue weighted by Gasteiger charge is -2.24. The zero-order chi connectivity index (χ0) is 17.6. The van der Waals surface area contributed by atoms with Gasteiger partial charge in [-0.3, -0.25) is 4.79 Å². The standard InChI is InChI=1S/C21H27NO2S/c1-16-7-5-8-18(15-16)24-14-4-3-10-21(23)22-13-6-9-19(22)20-12-11-17(2)25-20/h5,7-8,11-12,15,19H,3-4,6,9-10,13-14H2,1-2H3. The van der Waals surface area contributed by atoms with Crippen molar-refractivity contribution in [2.24, 2.45) is 0 Å². The Bertz CT molecular complexity index is 709. The first kappa shape index (κ1) is 18.0. The number of thiophene rings is 1. The summed E-state index contributed by atoms with van der Waals surface area (Å²) in [5.74, 6) is 1.21. The van der Waals surface area contributed by atoms with Crippen molar-refractivity contribution in [3.05, 3.63) is 51.7 Å². The molecular formula is C21H27NO2S. The molecule has 0 aliphatic carbocycles. The van der Waals surface area contributed by atoms with Gasteiger partial charge in [0.1, 0.15) is 5.75 Å². The molecular weight excluding hydrogens is 330 g/mol. The normalized spacial score (nSPS) is 17.0. The Balaban J connectivity index is 1.41. The van der Waals surface area contributed by atoms with Gasteiger partial charge in [-0.15, -0.1) is 11.3 Å². The molecule has 2 aromatic rings. The van der Waals surface area contributed by atoms with Crippen molar-refractivity contribution in [3.63, 3.8) is 0 Å². The molecule has 3 nitrogen and oxygen atoms in total. The fraction of sp³-hybridized carbons (Fsp3) is 0.476. The third-order valence-corrected chi connectivity index (χ3v) is 5.81. The van der Waals surface area contributed by atoms with Gasteiger partial charge in [0.05, 0.1) is 12.6 Å². The topological polar surface area (TPSA) is 29.5 Å². The van der Waals surface area contributed by atoms with Crippen molar-refractivity contribution in [1.82, 2.24) is 4.90 Å². The predicted octanol–water partition coefficient (Wildman–Crippen LogP) is 5.28. The minimum Gasteiger partial charge on any atom is -0.494 e. The lowest BCUT2D eigenvalue weighted by atomic mass is 10.1. The minimum absolute atomic E-state index is 0.295. The van der Waals surface area contributed by atoms with Crippen LogP contribution in [0, 0.1) is 13.8 Å². The zero-order valence-corrected chi connectivity index (χ0v) is 16.0. The summed E-state index contributed by atoms with van der Waals surface area (Å²) in [6.45, 7) is 5.76. The molecule has 1 aromatic carbocycles. The number of amides is 1. The summed E-state index contributed by atoms with van der Waals surface area (Å²) in [4.78, 5) is 17.4. The number of nitrogens with zero attached hydrogens (tertiary/aromatic N) is 1. The van der Waals surface area contributed by atoms with Crippen molar-refractivity contribution >= 4 is 17.2 Å². The van der Waals surface area contributed by atoms with E-state index >= 15 is 0 Å². The van der Waals surface area contributed by atoms with Crippen molar-refractivity contribution in [1.29, 1.82) is 0 Å². The van der Waals surface area contributed by atoms with Crippen LogP contribution in [0.1, 0.15) is 53.5 Å². The third-order valence-electron chi connectivity index (χ3n) is 4.71. The highest BCUT2D eigenvalue weighted by Gasteiger charge is 2.30. The number of ether oxygens (including phenoxy) is 1. The van der Waals surface area contributed by atoms with Crippen LogP contribution in [0.3, 0.4) is 0 Å². The number of aryl methyl sites for hydroxylation is 2. The predicted molar refractivity (Wildman–Crippen MR) is 103 cm³/mol. The summed E-state index contributed by atoms with van der Waals surface area (Å²) in [5, 5.41) is 0. The maximum atomic E-state index is 12.6. The number of rotatable bonds is 7. The minimum atomic E-state index is 0.295. The fourth-order valence-corrected chi connectivity index (χ4v) is 4.44. The van der Waals surface area contributed by atoms with Crippen LogP contribution >= 0.6 is 11.3 Å². The fourth-order valence-electron chi connectivity index (χ4n) is 3.41. The summed E-state index contributed by atoms with van der Waals surface area (Å²) in [7, 11) is 0. The molecule has 2 heterocycles. The molecule has 0 spiro atoms. The first-order valence-corrected chi connectivity index (χ1v) is 10.0. The Kier molecular flexibility index (Phi) is 6.14. The van der Waals surface area contributed by atoms with Gasteiger partial charge in [0.25, 0.3) is 0 Å². The Labute approximate surface area is 154 Å². The molecule has 134 valence electrons. The van der Waals surface area contributed by atoms with E-state index in [2.05, 4.69) is 36.9 Å². The molecule has 0 bridgehead atoms. The maximum absolute atomic E-state index is 12.6. The van der Waals surface area contributed by atoms with Gasteiger partial charge in [0.15, 0.2) is 0 Å². The molecule has 0 radical (unpaired) electrons. The van der Waals surface area contributed by atoms with E-state index in [4.69, 9.17) is 4.74 Å². The SMILES string of the molecule is Cc1cccc(OCCCCC(=O)N2CCCC2c2ccc(C)s2)c1. The van der Waals surface area contributed by atoms with Crippen LogP contribution in [-0.2, 0) is 4.79 Å². The molecule has 1 aliphatic heterocycles. The molecule has 1 amide bonds. The monoisotopic (exact) mass is 357 g/mol. The van der Waals surface area contributed by atoms with Gasteiger partial charge >= 0.3 is 0 Å². The van der Waals surface area contributed by atoms with E-state index in [1.165, 1.54) is 15.3 Å². The Morgan fingerprint density at radius 3 is 2.88 bits per heavy atom. The average Bonchev–Trinajstić information content (AvgIpc) is 3.23. The second-order valence-corrected chi connectivity index (χ2v) is 8.14. The molecule has 25 heavy (non-hydrogen) atoms. The first-order valence-electron chi connectivity index (χ1n) is 9.19. The van der Waals surface area contributed by atoms with Crippen LogP contribution in [0.2, 0.25) is 0 Å². The van der Waals surface area contributed by atoms with E-state index in [9.17, 15) is 4.79 Å². The van der Waals surface area contributed by atoms with Crippen LogP contribution < -0.4 is 4.74 Å². The number of carbonyl (C=O) groups excluding carboxylic acids is 1.